The van der Waals surface area contributed by atoms with Gasteiger partial charge in [-0.05, 0) is 7.05 Å². The zero-order chi connectivity index (χ0) is 13.2. The summed E-state index contributed by atoms with van der Waals surface area (Å²) in [6, 6.07) is 9.70. The fraction of sp³-hybridized carbons (Fsp3) is 0.333. The summed E-state index contributed by atoms with van der Waals surface area (Å²) in [6.45, 7) is 0. The first-order valence-electron chi connectivity index (χ1n) is 6.12. The van der Waals surface area contributed by atoms with Crippen molar-refractivity contribution in [3.05, 3.63) is 36.2 Å². The monoisotopic (exact) mass is 260 g/mol. The molecule has 1 aromatic heterocycles. The number of rotatable bonds is 3. The van der Waals surface area contributed by atoms with Crippen LogP contribution < -0.4 is 21.9 Å². The molecule has 1 aliphatic rings. The molecular formula is C12H16N6O. The summed E-state index contributed by atoms with van der Waals surface area (Å²) < 4.78 is 5.34. The van der Waals surface area contributed by atoms with E-state index >= 15 is 0 Å². The van der Waals surface area contributed by atoms with Crippen molar-refractivity contribution < 1.29 is 4.52 Å². The van der Waals surface area contributed by atoms with Crippen LogP contribution in [0.1, 0.15) is 11.8 Å². The maximum absolute atomic E-state index is 5.98. The molecule has 3 rings (SSSR count). The fourth-order valence-electron chi connectivity index (χ4n) is 2.20. The Morgan fingerprint density at radius 3 is 2.79 bits per heavy atom. The van der Waals surface area contributed by atoms with Gasteiger partial charge in [0.15, 0.2) is 0 Å². The van der Waals surface area contributed by atoms with Crippen molar-refractivity contribution in [2.45, 2.75) is 18.2 Å². The molecule has 3 atom stereocenters. The molecule has 0 amide bonds. The minimum absolute atomic E-state index is 0.0425. The molecule has 0 bridgehead atoms. The van der Waals surface area contributed by atoms with Gasteiger partial charge in [-0.25, -0.2) is 10.9 Å². The quantitative estimate of drug-likeness (QED) is 0.604. The van der Waals surface area contributed by atoms with Crippen molar-refractivity contribution in [2.75, 3.05) is 7.05 Å². The molecule has 2 aromatic rings. The van der Waals surface area contributed by atoms with E-state index in [0.29, 0.717) is 11.7 Å². The molecule has 19 heavy (non-hydrogen) atoms. The highest BCUT2D eigenvalue weighted by Crippen LogP contribution is 2.24. The van der Waals surface area contributed by atoms with Gasteiger partial charge in [0, 0.05) is 5.56 Å². The number of aromatic nitrogens is 2. The number of likely N-dealkylation sites (N-methyl/N-ethyl adjacent to an activating group) is 1. The Kier molecular flexibility index (Phi) is 3.26. The van der Waals surface area contributed by atoms with E-state index in [1.54, 1.807) is 0 Å². The van der Waals surface area contributed by atoms with Gasteiger partial charge in [-0.1, -0.05) is 35.5 Å². The van der Waals surface area contributed by atoms with Crippen molar-refractivity contribution in [1.29, 1.82) is 0 Å². The topological polar surface area (TPSA) is 101 Å². The second kappa shape index (κ2) is 5.06. The molecule has 1 aliphatic heterocycles. The summed E-state index contributed by atoms with van der Waals surface area (Å²) in [5, 5.41) is 7.12. The number of nitrogens with zero attached hydrogens (tertiary/aromatic N) is 2. The zero-order valence-corrected chi connectivity index (χ0v) is 10.5. The normalized spacial score (nSPS) is 26.7. The largest absolute Gasteiger partial charge is 0.338 e. The van der Waals surface area contributed by atoms with Crippen LogP contribution in [0.3, 0.4) is 0 Å². The Hall–Kier alpha value is -1.80. The van der Waals surface area contributed by atoms with Crippen molar-refractivity contribution in [3.8, 4) is 11.4 Å². The van der Waals surface area contributed by atoms with Crippen LogP contribution in [0.25, 0.3) is 11.4 Å². The van der Waals surface area contributed by atoms with E-state index in [1.807, 2.05) is 37.4 Å². The number of nitrogens with one attached hydrogen (secondary N) is 3. The lowest BCUT2D eigenvalue weighted by molar-refractivity contribution is 0.320. The second-order valence-electron chi connectivity index (χ2n) is 4.43. The van der Waals surface area contributed by atoms with Crippen LogP contribution in [-0.2, 0) is 0 Å². The van der Waals surface area contributed by atoms with Gasteiger partial charge in [-0.15, -0.1) is 0 Å². The molecule has 0 spiro atoms. The maximum Gasteiger partial charge on any atom is 0.236 e. The van der Waals surface area contributed by atoms with E-state index in [2.05, 4.69) is 26.3 Å². The summed E-state index contributed by atoms with van der Waals surface area (Å²) in [5.74, 6) is 0.975. The lowest BCUT2D eigenvalue weighted by atomic mass is 10.1. The lowest BCUT2D eigenvalue weighted by Crippen LogP contribution is -2.41. The average Bonchev–Trinajstić information content (AvgIpc) is 3.05. The molecule has 1 aromatic carbocycles. The van der Waals surface area contributed by atoms with Crippen LogP contribution in [0.15, 0.2) is 34.9 Å². The SMILES string of the molecule is CNC1NNC(N)C1c1nc(-c2ccccc2)no1. The number of hydrogen-bond acceptors (Lipinski definition) is 7. The Morgan fingerprint density at radius 1 is 1.26 bits per heavy atom. The third-order valence-corrected chi connectivity index (χ3v) is 3.22. The van der Waals surface area contributed by atoms with Crippen LogP contribution in [0, 0.1) is 0 Å². The highest BCUT2D eigenvalue weighted by Gasteiger charge is 2.38. The highest BCUT2D eigenvalue weighted by atomic mass is 16.5. The van der Waals surface area contributed by atoms with E-state index < -0.39 is 0 Å². The van der Waals surface area contributed by atoms with E-state index in [1.165, 1.54) is 0 Å². The molecule has 0 saturated carbocycles. The predicted molar refractivity (Wildman–Crippen MR) is 69.6 cm³/mol. The van der Waals surface area contributed by atoms with E-state index in [4.69, 9.17) is 10.3 Å². The van der Waals surface area contributed by atoms with Gasteiger partial charge in [0.1, 0.15) is 0 Å². The van der Waals surface area contributed by atoms with Gasteiger partial charge in [0.25, 0.3) is 0 Å². The third-order valence-electron chi connectivity index (χ3n) is 3.22. The van der Waals surface area contributed by atoms with E-state index in [0.717, 1.165) is 5.56 Å². The van der Waals surface area contributed by atoms with Crippen LogP contribution in [0.4, 0.5) is 0 Å². The van der Waals surface area contributed by atoms with Crippen molar-refractivity contribution in [3.63, 3.8) is 0 Å². The van der Waals surface area contributed by atoms with Crippen molar-refractivity contribution in [1.82, 2.24) is 26.3 Å². The van der Waals surface area contributed by atoms with Gasteiger partial charge in [-0.3, -0.25) is 0 Å². The zero-order valence-electron chi connectivity index (χ0n) is 10.5. The van der Waals surface area contributed by atoms with Crippen LogP contribution >= 0.6 is 0 Å². The molecule has 0 radical (unpaired) electrons. The number of benzene rings is 1. The van der Waals surface area contributed by atoms with Gasteiger partial charge in [-0.2, -0.15) is 4.98 Å². The maximum atomic E-state index is 5.98. The third kappa shape index (κ3) is 2.24. The van der Waals surface area contributed by atoms with Crippen molar-refractivity contribution >= 4 is 0 Å². The van der Waals surface area contributed by atoms with Gasteiger partial charge >= 0.3 is 0 Å². The van der Waals surface area contributed by atoms with E-state index in [9.17, 15) is 0 Å². The van der Waals surface area contributed by atoms with Gasteiger partial charge in [0.05, 0.1) is 18.2 Å². The van der Waals surface area contributed by atoms with Gasteiger partial charge < -0.3 is 15.6 Å². The highest BCUT2D eigenvalue weighted by molar-refractivity contribution is 5.53. The molecule has 1 saturated heterocycles. The molecule has 2 heterocycles. The van der Waals surface area contributed by atoms with Crippen LogP contribution in [0.5, 0.6) is 0 Å². The first kappa shape index (κ1) is 12.2. The minimum atomic E-state index is -0.276. The number of hydrazine groups is 1. The molecule has 100 valence electrons. The van der Waals surface area contributed by atoms with Gasteiger partial charge in [0.2, 0.25) is 11.7 Å². The first-order valence-corrected chi connectivity index (χ1v) is 6.12. The summed E-state index contributed by atoms with van der Waals surface area (Å²) in [4.78, 5) is 4.43. The average molecular weight is 260 g/mol. The summed E-state index contributed by atoms with van der Waals surface area (Å²) in [6.07, 6.45) is -0.319. The Labute approximate surface area is 110 Å². The fourth-order valence-corrected chi connectivity index (χ4v) is 2.20. The number of nitrogens with two attached hydrogens (primary N) is 1. The Morgan fingerprint density at radius 2 is 2.05 bits per heavy atom. The first-order chi connectivity index (χ1) is 9.29. The molecular weight excluding hydrogens is 244 g/mol. The second-order valence-corrected chi connectivity index (χ2v) is 4.43. The Balaban J connectivity index is 1.89. The molecule has 5 N–H and O–H groups in total. The molecule has 7 nitrogen and oxygen atoms in total. The van der Waals surface area contributed by atoms with Crippen molar-refractivity contribution in [2.24, 2.45) is 5.73 Å². The Bertz CT molecular complexity index is 542. The van der Waals surface area contributed by atoms with E-state index in [-0.39, 0.29) is 18.2 Å². The molecule has 3 unspecified atom stereocenters. The minimum Gasteiger partial charge on any atom is -0.338 e. The molecule has 1 fully saturated rings. The predicted octanol–water partition coefficient (Wildman–Crippen LogP) is -0.242. The summed E-state index contributed by atoms with van der Waals surface area (Å²) >= 11 is 0. The molecule has 0 aliphatic carbocycles. The van der Waals surface area contributed by atoms with Crippen LogP contribution in [-0.4, -0.2) is 29.5 Å². The molecule has 7 heteroatoms. The van der Waals surface area contributed by atoms with Crippen LogP contribution in [0.2, 0.25) is 0 Å². The number of hydrogen-bond donors (Lipinski definition) is 4. The lowest BCUT2D eigenvalue weighted by Gasteiger charge is -2.15. The summed E-state index contributed by atoms with van der Waals surface area (Å²) in [7, 11) is 1.85. The standard InChI is InChI=1S/C12H16N6O/c1-14-11-8(9(13)16-17-11)12-15-10(18-19-12)7-5-3-2-4-6-7/h2-6,8-9,11,14,16-17H,13H2,1H3. The smallest absolute Gasteiger partial charge is 0.236 e. The summed E-state index contributed by atoms with van der Waals surface area (Å²) in [5.41, 5.74) is 12.9.